The Balaban J connectivity index is 3.95. The number of likely N-dealkylation sites (N-methyl/N-ethyl adjacent to an activating group) is 1. The lowest BCUT2D eigenvalue weighted by Gasteiger charge is -2.26. The zero-order valence-electron chi connectivity index (χ0n) is 62.1. The van der Waals surface area contributed by atoms with Crippen LogP contribution in [0.2, 0.25) is 0 Å². The summed E-state index contributed by atoms with van der Waals surface area (Å²) in [5.41, 5.74) is 0. The number of nitrogens with zero attached hydrogens (tertiary/aromatic N) is 1. The van der Waals surface area contributed by atoms with Crippen molar-refractivity contribution < 1.29 is 42.9 Å². The van der Waals surface area contributed by atoms with Gasteiger partial charge in [-0.05, 0) is 83.5 Å². The average Bonchev–Trinajstić information content (AvgIpc) is 3.38. The summed E-state index contributed by atoms with van der Waals surface area (Å²) < 4.78 is 22.9. The third-order valence-corrected chi connectivity index (χ3v) is 17.9. The lowest BCUT2D eigenvalue weighted by Crippen LogP contribution is -2.44. The fourth-order valence-corrected chi connectivity index (χ4v) is 11.9. The first-order chi connectivity index (χ1) is 45.6. The maximum atomic E-state index is 13.0. The Morgan fingerprint density at radius 1 is 0.333 bits per heavy atom. The van der Waals surface area contributed by atoms with Crippen LogP contribution < -0.4 is 5.11 Å². The van der Waals surface area contributed by atoms with Gasteiger partial charge in [0.05, 0.1) is 40.3 Å². The average molecular weight is 1310 g/mol. The Hall–Kier alpha value is -3.27. The number of carboxylic acid groups (broad SMARTS) is 1. The second-order valence-corrected chi connectivity index (χ2v) is 28.3. The predicted octanol–water partition coefficient (Wildman–Crippen LogP) is 24.3. The standard InChI is InChI=1S/C84H153NO8/c1-6-8-10-12-14-16-18-20-22-24-26-28-30-32-34-35-36-37-38-39-40-41-42-43-44-45-46-47-49-50-52-54-56-58-60-62-64-66-68-70-72-74-81(86)91-78-80(79-92-84(83(88)89)90-77-76-85(3,4)5)93-82(87)75-73-71-69-67-65-63-61-59-57-55-53-51-48-33-31-29-27-25-23-21-19-17-15-13-11-9-7-2/h9,11,15,17,21,23-24,26-27,29,33,48,80,84H,6-8,10,12-14,16,18-20,22,25,28,30-32,34-47,49-79H2,1-5H3/b11-9-,17-15-,23-21-,26-24-,29-27-,48-33-. The van der Waals surface area contributed by atoms with E-state index in [0.29, 0.717) is 23.9 Å². The Morgan fingerprint density at radius 3 is 0.925 bits per heavy atom. The maximum absolute atomic E-state index is 13.0. The van der Waals surface area contributed by atoms with Crippen molar-refractivity contribution in [3.05, 3.63) is 72.9 Å². The largest absolute Gasteiger partial charge is 0.545 e. The number of allylic oxidation sites excluding steroid dienone is 12. The Bertz CT molecular complexity index is 1760. The van der Waals surface area contributed by atoms with E-state index in [-0.39, 0.29) is 32.2 Å². The number of hydrogen-bond acceptors (Lipinski definition) is 8. The number of carbonyl (C=O) groups excluding carboxylic acids is 3. The van der Waals surface area contributed by atoms with Crippen molar-refractivity contribution in [2.75, 3.05) is 47.5 Å². The number of esters is 2. The van der Waals surface area contributed by atoms with Crippen molar-refractivity contribution in [1.29, 1.82) is 0 Å². The van der Waals surface area contributed by atoms with Crippen LogP contribution >= 0.6 is 0 Å². The molecule has 0 spiro atoms. The molecular formula is C84H153NO8. The molecule has 0 saturated heterocycles. The SMILES string of the molecule is CC/C=C\C/C=C\C/C=C\C/C=C\C/C=C\CCCCCCCCCCCCCC(=O)OC(COC(=O)CCCCCCCCCCCCCCCCCCCCCCCCCCCCCCC/C=C\CCCCCCCCCC)COC(OCC[N+](C)(C)C)C(=O)[O-]. The number of carbonyl (C=O) groups is 3. The molecule has 0 aliphatic heterocycles. The second kappa shape index (κ2) is 74.5. The summed E-state index contributed by atoms with van der Waals surface area (Å²) in [7, 11) is 5.94. The van der Waals surface area contributed by atoms with Crippen LogP contribution in [0.25, 0.3) is 0 Å². The number of aliphatic carboxylic acids is 1. The van der Waals surface area contributed by atoms with Gasteiger partial charge < -0.3 is 33.3 Å². The molecule has 0 aromatic rings. The van der Waals surface area contributed by atoms with E-state index >= 15 is 0 Å². The monoisotopic (exact) mass is 1300 g/mol. The van der Waals surface area contributed by atoms with Crippen molar-refractivity contribution >= 4 is 17.9 Å². The first kappa shape index (κ1) is 89.7. The van der Waals surface area contributed by atoms with Crippen LogP contribution in [-0.4, -0.2) is 82.3 Å². The van der Waals surface area contributed by atoms with Crippen molar-refractivity contribution in [2.24, 2.45) is 0 Å². The van der Waals surface area contributed by atoms with E-state index in [2.05, 4.69) is 86.8 Å². The van der Waals surface area contributed by atoms with Crippen LogP contribution in [0.3, 0.4) is 0 Å². The summed E-state index contributed by atoms with van der Waals surface area (Å²) in [5.74, 6) is -2.27. The van der Waals surface area contributed by atoms with Crippen molar-refractivity contribution in [3.63, 3.8) is 0 Å². The van der Waals surface area contributed by atoms with Gasteiger partial charge in [0.1, 0.15) is 13.2 Å². The molecule has 0 saturated carbocycles. The minimum Gasteiger partial charge on any atom is -0.545 e. The van der Waals surface area contributed by atoms with Crippen molar-refractivity contribution in [2.45, 2.75) is 399 Å². The van der Waals surface area contributed by atoms with Gasteiger partial charge in [0.2, 0.25) is 0 Å². The highest BCUT2D eigenvalue weighted by Gasteiger charge is 2.22. The Kier molecular flexibility index (Phi) is 71.9. The van der Waals surface area contributed by atoms with Crippen LogP contribution in [0, 0.1) is 0 Å². The molecule has 2 unspecified atom stereocenters. The third kappa shape index (κ3) is 76.0. The molecular weight excluding hydrogens is 1150 g/mol. The van der Waals surface area contributed by atoms with Crippen molar-refractivity contribution in [3.8, 4) is 0 Å². The molecule has 0 amide bonds. The van der Waals surface area contributed by atoms with E-state index in [1.165, 1.54) is 276 Å². The number of carboxylic acids is 1. The number of rotatable bonds is 75. The summed E-state index contributed by atoms with van der Waals surface area (Å²) in [5, 5.41) is 11.9. The predicted molar refractivity (Wildman–Crippen MR) is 398 cm³/mol. The van der Waals surface area contributed by atoms with Gasteiger partial charge in [0, 0.05) is 12.8 Å². The van der Waals surface area contributed by atoms with Crippen LogP contribution in [0.5, 0.6) is 0 Å². The van der Waals surface area contributed by atoms with Gasteiger partial charge in [-0.15, -0.1) is 0 Å². The molecule has 93 heavy (non-hydrogen) atoms. The number of quaternary nitrogens is 1. The quantitative estimate of drug-likeness (QED) is 0.0195. The maximum Gasteiger partial charge on any atom is 0.306 e. The first-order valence-corrected chi connectivity index (χ1v) is 40.1. The minimum atomic E-state index is -1.62. The molecule has 0 bridgehead atoms. The highest BCUT2D eigenvalue weighted by atomic mass is 16.7. The molecule has 0 radical (unpaired) electrons. The van der Waals surface area contributed by atoms with Crippen LogP contribution in [0.4, 0.5) is 0 Å². The molecule has 0 aliphatic carbocycles. The first-order valence-electron chi connectivity index (χ1n) is 40.1. The number of unbranched alkanes of at least 4 members (excludes halogenated alkanes) is 48. The van der Waals surface area contributed by atoms with Crippen LogP contribution in [0.1, 0.15) is 386 Å². The summed E-state index contributed by atoms with van der Waals surface area (Å²) in [6, 6.07) is 0. The summed E-state index contributed by atoms with van der Waals surface area (Å²) in [6.45, 7) is 4.68. The molecule has 9 heteroatoms. The van der Waals surface area contributed by atoms with Gasteiger partial charge in [-0.2, -0.15) is 0 Å². The molecule has 0 aromatic carbocycles. The van der Waals surface area contributed by atoms with E-state index in [1.807, 2.05) is 21.1 Å². The molecule has 0 aliphatic rings. The highest BCUT2D eigenvalue weighted by Crippen LogP contribution is 2.19. The third-order valence-electron chi connectivity index (χ3n) is 17.9. The summed E-state index contributed by atoms with van der Waals surface area (Å²) in [4.78, 5) is 37.6. The summed E-state index contributed by atoms with van der Waals surface area (Å²) in [6.07, 6.45) is 97.5. The topological polar surface area (TPSA) is 111 Å². The van der Waals surface area contributed by atoms with Crippen molar-refractivity contribution in [1.82, 2.24) is 0 Å². The van der Waals surface area contributed by atoms with Gasteiger partial charge in [0.25, 0.3) is 0 Å². The second-order valence-electron chi connectivity index (χ2n) is 28.3. The van der Waals surface area contributed by atoms with Gasteiger partial charge in [-0.1, -0.05) is 363 Å². The van der Waals surface area contributed by atoms with E-state index < -0.39 is 24.3 Å². The van der Waals surface area contributed by atoms with Gasteiger partial charge in [-0.25, -0.2) is 0 Å². The van der Waals surface area contributed by atoms with E-state index in [0.717, 1.165) is 77.0 Å². The molecule has 0 rings (SSSR count). The van der Waals surface area contributed by atoms with E-state index in [9.17, 15) is 19.5 Å². The normalized spacial score (nSPS) is 13.0. The summed E-state index contributed by atoms with van der Waals surface area (Å²) >= 11 is 0. The zero-order chi connectivity index (χ0) is 67.5. The molecule has 2 atom stereocenters. The molecule has 0 N–H and O–H groups in total. The van der Waals surface area contributed by atoms with Crippen LogP contribution in [-0.2, 0) is 33.3 Å². The van der Waals surface area contributed by atoms with Gasteiger partial charge in [0.15, 0.2) is 12.4 Å². The Morgan fingerprint density at radius 2 is 0.613 bits per heavy atom. The molecule has 9 nitrogen and oxygen atoms in total. The van der Waals surface area contributed by atoms with E-state index in [4.69, 9.17) is 18.9 Å². The van der Waals surface area contributed by atoms with Gasteiger partial charge in [-0.3, -0.25) is 9.59 Å². The molecule has 0 aromatic heterocycles. The highest BCUT2D eigenvalue weighted by molar-refractivity contribution is 5.70. The lowest BCUT2D eigenvalue weighted by atomic mass is 10.0. The zero-order valence-corrected chi connectivity index (χ0v) is 62.1. The fraction of sp³-hybridized carbons (Fsp3) is 0.821. The lowest BCUT2D eigenvalue weighted by molar-refractivity contribution is -0.870. The Labute approximate surface area is 577 Å². The van der Waals surface area contributed by atoms with Gasteiger partial charge >= 0.3 is 11.9 Å². The van der Waals surface area contributed by atoms with E-state index in [1.54, 1.807) is 0 Å². The molecule has 542 valence electrons. The number of hydrogen-bond donors (Lipinski definition) is 0. The van der Waals surface area contributed by atoms with Crippen LogP contribution in [0.15, 0.2) is 72.9 Å². The minimum absolute atomic E-state index is 0.147. The molecule has 0 fully saturated rings. The smallest absolute Gasteiger partial charge is 0.306 e. The fourth-order valence-electron chi connectivity index (χ4n) is 11.9. The molecule has 0 heterocycles. The number of ether oxygens (including phenoxy) is 4.